The van der Waals surface area contributed by atoms with Gasteiger partial charge in [-0.1, -0.05) is 12.1 Å². The molecule has 0 bridgehead atoms. The molecule has 2 aliphatic rings. The molecule has 1 aromatic carbocycles. The van der Waals surface area contributed by atoms with E-state index in [1.54, 1.807) is 7.11 Å². The van der Waals surface area contributed by atoms with Crippen molar-refractivity contribution >= 4 is 21.6 Å². The van der Waals surface area contributed by atoms with E-state index in [1.165, 1.54) is 27.0 Å². The smallest absolute Gasteiger partial charge is 0.328 e. The topological polar surface area (TPSA) is 76.1 Å². The highest BCUT2D eigenvalue weighted by molar-refractivity contribution is 7.17. The van der Waals surface area contributed by atoms with Crippen LogP contribution in [0.2, 0.25) is 0 Å². The number of aryl methyl sites for hydroxylation is 1. The number of aromatic amines is 1. The second-order valence-corrected chi connectivity index (χ2v) is 9.05. The first-order valence-electron chi connectivity index (χ1n) is 10.2. The summed E-state index contributed by atoms with van der Waals surface area (Å²) in [6.45, 7) is 3.32. The van der Waals surface area contributed by atoms with Gasteiger partial charge in [0.15, 0.2) is 0 Å². The van der Waals surface area contributed by atoms with Crippen molar-refractivity contribution in [1.82, 2.24) is 14.9 Å². The van der Waals surface area contributed by atoms with Crippen LogP contribution in [-0.2, 0) is 13.0 Å². The number of methoxy groups -OCH3 is 1. The van der Waals surface area contributed by atoms with Crippen molar-refractivity contribution in [2.24, 2.45) is 5.92 Å². The predicted octanol–water partition coefficient (Wildman–Crippen LogP) is 2.78. The Hall–Kier alpha value is -2.38. The van der Waals surface area contributed by atoms with Gasteiger partial charge in [-0.05, 0) is 66.8 Å². The summed E-state index contributed by atoms with van der Waals surface area (Å²) in [6.07, 6.45) is 2.93. The maximum Gasteiger partial charge on any atom is 0.328 e. The van der Waals surface area contributed by atoms with E-state index in [-0.39, 0.29) is 17.3 Å². The normalized spacial score (nSPS) is 23.2. The van der Waals surface area contributed by atoms with Crippen molar-refractivity contribution in [3.8, 4) is 5.75 Å². The molecule has 152 valence electrons. The molecule has 0 radical (unpaired) electrons. The van der Waals surface area contributed by atoms with Crippen molar-refractivity contribution in [2.45, 2.75) is 44.7 Å². The van der Waals surface area contributed by atoms with E-state index in [0.717, 1.165) is 37.1 Å². The number of H-pyrrole nitrogens is 1. The lowest BCUT2D eigenvalue weighted by Crippen LogP contribution is -2.37. The molecule has 0 spiro atoms. The second kappa shape index (κ2) is 7.15. The Labute approximate surface area is 172 Å². The molecule has 6 nitrogen and oxygen atoms in total. The third-order valence-corrected chi connectivity index (χ3v) is 7.74. The van der Waals surface area contributed by atoms with E-state index in [9.17, 15) is 9.59 Å². The molecular weight excluding hydrogens is 386 g/mol. The molecular formula is C22H25N3O3S. The van der Waals surface area contributed by atoms with Gasteiger partial charge in [-0.3, -0.25) is 9.36 Å². The molecule has 0 amide bonds. The average Bonchev–Trinajstić information content (AvgIpc) is 3.31. The van der Waals surface area contributed by atoms with Gasteiger partial charge in [-0.25, -0.2) is 4.79 Å². The fourth-order valence-electron chi connectivity index (χ4n) is 5.22. The van der Waals surface area contributed by atoms with Crippen molar-refractivity contribution in [1.29, 1.82) is 0 Å². The van der Waals surface area contributed by atoms with Gasteiger partial charge in [-0.2, -0.15) is 0 Å². The minimum atomic E-state index is -0.315. The first-order valence-corrected chi connectivity index (χ1v) is 11.1. The van der Waals surface area contributed by atoms with Crippen LogP contribution in [0, 0.1) is 12.8 Å². The number of benzene rings is 1. The average molecular weight is 412 g/mol. The number of thiophene rings is 1. The Morgan fingerprint density at radius 1 is 1.31 bits per heavy atom. The molecule has 29 heavy (non-hydrogen) atoms. The van der Waals surface area contributed by atoms with Gasteiger partial charge in [0.1, 0.15) is 10.4 Å². The Balaban J connectivity index is 1.44. The van der Waals surface area contributed by atoms with Gasteiger partial charge in [0.2, 0.25) is 0 Å². The Bertz CT molecular complexity index is 1190. The lowest BCUT2D eigenvalue weighted by atomic mass is 9.73. The zero-order chi connectivity index (χ0) is 20.1. The highest BCUT2D eigenvalue weighted by atomic mass is 32.1. The third kappa shape index (κ3) is 2.95. The Morgan fingerprint density at radius 2 is 2.17 bits per heavy atom. The SMILES string of the molecule is COc1cccc2c1CCC1CNC(CCn3c(=O)[nH]c4c(C)csc4c3=O)C21. The van der Waals surface area contributed by atoms with Crippen LogP contribution in [0.4, 0.5) is 0 Å². The molecule has 5 rings (SSSR count). The fourth-order valence-corrected chi connectivity index (χ4v) is 6.17. The van der Waals surface area contributed by atoms with Crippen LogP contribution < -0.4 is 21.3 Å². The summed E-state index contributed by atoms with van der Waals surface area (Å²) < 4.78 is 7.59. The summed E-state index contributed by atoms with van der Waals surface area (Å²) in [5.41, 5.74) is 3.80. The number of hydrogen-bond donors (Lipinski definition) is 2. The number of nitrogens with one attached hydrogen (secondary N) is 2. The maximum atomic E-state index is 12.8. The Kier molecular flexibility index (Phi) is 4.59. The van der Waals surface area contributed by atoms with Gasteiger partial charge >= 0.3 is 5.69 Å². The summed E-state index contributed by atoms with van der Waals surface area (Å²) in [6, 6.07) is 6.57. The molecule has 1 fully saturated rings. The number of hydrogen-bond acceptors (Lipinski definition) is 5. The number of rotatable bonds is 4. The van der Waals surface area contributed by atoms with E-state index in [4.69, 9.17) is 4.74 Å². The van der Waals surface area contributed by atoms with Crippen molar-refractivity contribution in [2.75, 3.05) is 13.7 Å². The summed E-state index contributed by atoms with van der Waals surface area (Å²) in [4.78, 5) is 28.3. The van der Waals surface area contributed by atoms with Gasteiger partial charge in [0.05, 0.1) is 12.6 Å². The van der Waals surface area contributed by atoms with E-state index in [0.29, 0.717) is 28.6 Å². The van der Waals surface area contributed by atoms with Gasteiger partial charge in [-0.15, -0.1) is 11.3 Å². The van der Waals surface area contributed by atoms with Crippen molar-refractivity contribution in [3.05, 3.63) is 61.1 Å². The monoisotopic (exact) mass is 411 g/mol. The zero-order valence-electron chi connectivity index (χ0n) is 16.7. The molecule has 1 saturated heterocycles. The molecule has 3 unspecified atom stereocenters. The predicted molar refractivity (Wildman–Crippen MR) is 115 cm³/mol. The largest absolute Gasteiger partial charge is 0.496 e. The van der Waals surface area contributed by atoms with Crippen LogP contribution in [0.5, 0.6) is 5.75 Å². The zero-order valence-corrected chi connectivity index (χ0v) is 17.5. The quantitative estimate of drug-likeness (QED) is 0.692. The summed E-state index contributed by atoms with van der Waals surface area (Å²) in [5, 5.41) is 5.58. The highest BCUT2D eigenvalue weighted by Gasteiger charge is 2.40. The lowest BCUT2D eigenvalue weighted by molar-refractivity contribution is 0.371. The van der Waals surface area contributed by atoms with Gasteiger partial charge < -0.3 is 15.0 Å². The minimum Gasteiger partial charge on any atom is -0.496 e. The number of aromatic nitrogens is 2. The maximum absolute atomic E-state index is 12.8. The number of nitrogens with zero attached hydrogens (tertiary/aromatic N) is 1. The molecule has 3 heterocycles. The van der Waals surface area contributed by atoms with Crippen molar-refractivity contribution in [3.63, 3.8) is 0 Å². The summed E-state index contributed by atoms with van der Waals surface area (Å²) >= 11 is 1.40. The van der Waals surface area contributed by atoms with Crippen LogP contribution in [0.3, 0.4) is 0 Å². The minimum absolute atomic E-state index is 0.179. The van der Waals surface area contributed by atoms with Gasteiger partial charge in [0, 0.05) is 18.5 Å². The van der Waals surface area contributed by atoms with Crippen LogP contribution in [-0.4, -0.2) is 29.2 Å². The summed E-state index contributed by atoms with van der Waals surface area (Å²) in [5.74, 6) is 1.96. The molecule has 2 aromatic heterocycles. The second-order valence-electron chi connectivity index (χ2n) is 8.17. The van der Waals surface area contributed by atoms with Crippen LogP contribution in [0.1, 0.15) is 35.4 Å². The molecule has 7 heteroatoms. The molecule has 1 aliphatic heterocycles. The Morgan fingerprint density at radius 3 is 3.00 bits per heavy atom. The standard InChI is InChI=1S/C22H25N3O3S/c1-12-11-29-20-19(12)24-22(27)25(21(20)26)9-8-16-18-13(10-23-16)6-7-14-15(18)4-3-5-17(14)28-2/h3-5,11,13,16,18,23H,6-10H2,1-2H3,(H,24,27). The van der Waals surface area contributed by atoms with Crippen LogP contribution in [0.25, 0.3) is 10.2 Å². The molecule has 3 aromatic rings. The highest BCUT2D eigenvalue weighted by Crippen LogP contribution is 2.45. The molecule has 0 saturated carbocycles. The van der Waals surface area contributed by atoms with E-state index >= 15 is 0 Å². The van der Waals surface area contributed by atoms with Crippen LogP contribution >= 0.6 is 11.3 Å². The van der Waals surface area contributed by atoms with Crippen molar-refractivity contribution < 1.29 is 4.74 Å². The van der Waals surface area contributed by atoms with Crippen LogP contribution in [0.15, 0.2) is 33.2 Å². The third-order valence-electron chi connectivity index (χ3n) is 6.65. The lowest BCUT2D eigenvalue weighted by Gasteiger charge is -2.32. The number of fused-ring (bicyclic) bond motifs is 4. The first-order chi connectivity index (χ1) is 14.1. The first kappa shape index (κ1) is 18.6. The number of ether oxygens (including phenoxy) is 1. The summed E-state index contributed by atoms with van der Waals surface area (Å²) in [7, 11) is 1.73. The molecule has 3 atom stereocenters. The fraction of sp³-hybridized carbons (Fsp3) is 0.455. The van der Waals surface area contributed by atoms with E-state index < -0.39 is 0 Å². The molecule has 2 N–H and O–H groups in total. The van der Waals surface area contributed by atoms with E-state index in [1.807, 2.05) is 18.4 Å². The van der Waals surface area contributed by atoms with E-state index in [2.05, 4.69) is 22.4 Å². The van der Waals surface area contributed by atoms with Gasteiger partial charge in [0.25, 0.3) is 5.56 Å². The molecule has 1 aliphatic carbocycles.